The fourth-order valence-electron chi connectivity index (χ4n) is 1.61. The van der Waals surface area contributed by atoms with Gasteiger partial charge in [-0.3, -0.25) is 0 Å². The number of halogens is 2. The van der Waals surface area contributed by atoms with E-state index in [0.717, 1.165) is 23.7 Å². The third-order valence-corrected chi connectivity index (χ3v) is 3.31. The summed E-state index contributed by atoms with van der Waals surface area (Å²) in [4.78, 5) is 10.2. The Bertz CT molecular complexity index is 367. The van der Waals surface area contributed by atoms with E-state index in [0.29, 0.717) is 12.2 Å². The molecule has 0 N–H and O–H groups in total. The molecule has 0 spiro atoms. The van der Waals surface area contributed by atoms with Crippen LogP contribution < -0.4 is 0 Å². The zero-order chi connectivity index (χ0) is 12.1. The summed E-state index contributed by atoms with van der Waals surface area (Å²) in [6.45, 7) is 0.899. The van der Waals surface area contributed by atoms with Crippen LogP contribution in [0.2, 0.25) is 0 Å². The van der Waals surface area contributed by atoms with Crippen LogP contribution in [0.5, 0.6) is 0 Å². The molecular formula is C12H14BrFO3. The highest BCUT2D eigenvalue weighted by Gasteiger charge is 2.15. The monoisotopic (exact) mass is 304 g/mol. The van der Waals surface area contributed by atoms with Crippen LogP contribution in [-0.2, 0) is 21.1 Å². The average Bonchev–Trinajstić information content (AvgIpc) is 2.35. The minimum atomic E-state index is -0.295. The van der Waals surface area contributed by atoms with Crippen molar-refractivity contribution in [3.8, 4) is 0 Å². The van der Waals surface area contributed by atoms with Crippen molar-refractivity contribution in [1.82, 2.24) is 0 Å². The summed E-state index contributed by atoms with van der Waals surface area (Å²) in [7, 11) is 0. The summed E-state index contributed by atoms with van der Waals surface area (Å²) in [6.07, 6.45) is 2.69. The topological polar surface area (TPSA) is 27.7 Å². The summed E-state index contributed by atoms with van der Waals surface area (Å²) in [5.41, 5.74) is 0.709. The van der Waals surface area contributed by atoms with Gasteiger partial charge in [-0.1, -0.05) is 15.9 Å². The number of hydrogen-bond donors (Lipinski definition) is 0. The maximum Gasteiger partial charge on any atom is 0.191 e. The van der Waals surface area contributed by atoms with E-state index in [9.17, 15) is 4.39 Å². The third kappa shape index (κ3) is 4.03. The van der Waals surface area contributed by atoms with Crippen molar-refractivity contribution in [2.24, 2.45) is 0 Å². The van der Waals surface area contributed by atoms with Gasteiger partial charge < -0.3 is 4.74 Å². The van der Waals surface area contributed by atoms with Crippen molar-refractivity contribution in [2.75, 3.05) is 6.61 Å². The standard InChI is InChI=1S/C12H14BrFO3/c13-11-5-4-10(14)7-9(11)8-16-17-12-3-1-2-6-15-12/h4-5,7,12H,1-3,6,8H2. The number of hydrogen-bond acceptors (Lipinski definition) is 3. The summed E-state index contributed by atoms with van der Waals surface area (Å²) in [5, 5.41) is 0. The Labute approximate surface area is 108 Å². The van der Waals surface area contributed by atoms with Crippen molar-refractivity contribution in [2.45, 2.75) is 32.2 Å². The number of benzene rings is 1. The van der Waals surface area contributed by atoms with Crippen LogP contribution in [0.4, 0.5) is 4.39 Å². The average molecular weight is 305 g/mol. The van der Waals surface area contributed by atoms with Crippen LogP contribution >= 0.6 is 15.9 Å². The van der Waals surface area contributed by atoms with Gasteiger partial charge in [0.05, 0.1) is 0 Å². The van der Waals surface area contributed by atoms with Crippen LogP contribution in [0.1, 0.15) is 24.8 Å². The highest BCUT2D eigenvalue weighted by molar-refractivity contribution is 9.10. The Morgan fingerprint density at radius 1 is 1.41 bits per heavy atom. The van der Waals surface area contributed by atoms with E-state index in [1.807, 2.05) is 0 Å². The van der Waals surface area contributed by atoms with Gasteiger partial charge in [-0.25, -0.2) is 14.2 Å². The zero-order valence-corrected chi connectivity index (χ0v) is 10.9. The van der Waals surface area contributed by atoms with E-state index < -0.39 is 0 Å². The second kappa shape index (κ2) is 6.44. The van der Waals surface area contributed by atoms with E-state index in [-0.39, 0.29) is 18.7 Å². The molecule has 0 radical (unpaired) electrons. The van der Waals surface area contributed by atoms with Crippen molar-refractivity contribution >= 4 is 15.9 Å². The molecule has 1 aromatic carbocycles. The van der Waals surface area contributed by atoms with Crippen molar-refractivity contribution < 1.29 is 18.9 Å². The lowest BCUT2D eigenvalue weighted by atomic mass is 10.2. The Kier molecular flexibility index (Phi) is 4.91. The lowest BCUT2D eigenvalue weighted by molar-refractivity contribution is -0.391. The Morgan fingerprint density at radius 3 is 3.06 bits per heavy atom. The summed E-state index contributed by atoms with van der Waals surface area (Å²) in [6, 6.07) is 4.44. The molecule has 1 saturated heterocycles. The van der Waals surface area contributed by atoms with Crippen LogP contribution in [0.15, 0.2) is 22.7 Å². The van der Waals surface area contributed by atoms with Gasteiger partial charge >= 0.3 is 0 Å². The van der Waals surface area contributed by atoms with E-state index in [1.165, 1.54) is 12.1 Å². The first kappa shape index (κ1) is 13.0. The van der Waals surface area contributed by atoms with Gasteiger partial charge in [0.15, 0.2) is 6.29 Å². The van der Waals surface area contributed by atoms with Crippen molar-refractivity contribution in [3.05, 3.63) is 34.1 Å². The molecule has 3 nitrogen and oxygen atoms in total. The molecule has 2 rings (SSSR count). The summed E-state index contributed by atoms with van der Waals surface area (Å²) < 4.78 is 19.1. The van der Waals surface area contributed by atoms with Gasteiger partial charge in [-0.05, 0) is 36.6 Å². The maximum absolute atomic E-state index is 13.0. The second-order valence-corrected chi connectivity index (χ2v) is 4.74. The van der Waals surface area contributed by atoms with Crippen LogP contribution in [0.25, 0.3) is 0 Å². The van der Waals surface area contributed by atoms with E-state index in [1.54, 1.807) is 6.07 Å². The smallest absolute Gasteiger partial charge is 0.191 e. The number of ether oxygens (including phenoxy) is 1. The maximum atomic E-state index is 13.0. The van der Waals surface area contributed by atoms with Gasteiger partial charge in [0, 0.05) is 17.5 Å². The third-order valence-electron chi connectivity index (χ3n) is 2.54. The van der Waals surface area contributed by atoms with Crippen molar-refractivity contribution in [3.63, 3.8) is 0 Å². The van der Waals surface area contributed by atoms with Gasteiger partial charge in [-0.15, -0.1) is 0 Å². The largest absolute Gasteiger partial charge is 0.350 e. The molecule has 94 valence electrons. The van der Waals surface area contributed by atoms with E-state index >= 15 is 0 Å². The van der Waals surface area contributed by atoms with Gasteiger partial charge in [-0.2, -0.15) is 0 Å². The van der Waals surface area contributed by atoms with Crippen molar-refractivity contribution in [1.29, 1.82) is 0 Å². The predicted octanol–water partition coefficient (Wildman–Crippen LogP) is 3.56. The van der Waals surface area contributed by atoms with Crippen LogP contribution in [0.3, 0.4) is 0 Å². The molecule has 0 amide bonds. The Balaban J connectivity index is 1.79. The highest BCUT2D eigenvalue weighted by atomic mass is 79.9. The Morgan fingerprint density at radius 2 is 2.29 bits per heavy atom. The summed E-state index contributed by atoms with van der Waals surface area (Å²) >= 11 is 3.32. The Hall–Kier alpha value is -0.490. The van der Waals surface area contributed by atoms with Gasteiger partial charge in [0.2, 0.25) is 0 Å². The van der Waals surface area contributed by atoms with Crippen LogP contribution in [-0.4, -0.2) is 12.9 Å². The molecule has 5 heteroatoms. The molecule has 1 aliphatic heterocycles. The molecule has 0 aromatic heterocycles. The molecule has 0 bridgehead atoms. The zero-order valence-electron chi connectivity index (χ0n) is 9.33. The lowest BCUT2D eigenvalue weighted by Gasteiger charge is -2.21. The molecule has 1 heterocycles. The normalized spacial score (nSPS) is 20.5. The SMILES string of the molecule is Fc1ccc(Br)c(COOC2CCCCO2)c1. The molecular weight excluding hydrogens is 291 g/mol. The first-order chi connectivity index (χ1) is 8.25. The molecule has 1 aliphatic rings. The van der Waals surface area contributed by atoms with Gasteiger partial charge in [0.25, 0.3) is 0 Å². The molecule has 17 heavy (non-hydrogen) atoms. The van der Waals surface area contributed by atoms with Gasteiger partial charge in [0.1, 0.15) is 12.4 Å². The first-order valence-corrected chi connectivity index (χ1v) is 6.39. The van der Waals surface area contributed by atoms with E-state index in [4.69, 9.17) is 14.5 Å². The molecule has 0 saturated carbocycles. The molecule has 1 atom stereocenters. The molecule has 0 aliphatic carbocycles. The lowest BCUT2D eigenvalue weighted by Crippen LogP contribution is -2.22. The van der Waals surface area contributed by atoms with Crippen LogP contribution in [0, 0.1) is 5.82 Å². The fraction of sp³-hybridized carbons (Fsp3) is 0.500. The predicted molar refractivity (Wildman–Crippen MR) is 63.6 cm³/mol. The minimum absolute atomic E-state index is 0.193. The molecule has 1 fully saturated rings. The van der Waals surface area contributed by atoms with E-state index in [2.05, 4.69) is 15.9 Å². The quantitative estimate of drug-likeness (QED) is 0.629. The number of rotatable bonds is 4. The first-order valence-electron chi connectivity index (χ1n) is 5.59. The molecule has 1 unspecified atom stereocenters. The second-order valence-electron chi connectivity index (χ2n) is 3.89. The fourth-order valence-corrected chi connectivity index (χ4v) is 1.98. The minimum Gasteiger partial charge on any atom is -0.350 e. The summed E-state index contributed by atoms with van der Waals surface area (Å²) in [5.74, 6) is -0.291. The molecule has 1 aromatic rings. The highest BCUT2D eigenvalue weighted by Crippen LogP contribution is 2.20.